The maximum atomic E-state index is 12.7. The van der Waals surface area contributed by atoms with Crippen molar-refractivity contribution in [3.05, 3.63) is 43.0 Å². The molecule has 3 rings (SSSR count). The smallest absolute Gasteiger partial charge is 0.243 e. The summed E-state index contributed by atoms with van der Waals surface area (Å²) in [6, 6.07) is 9.59. The van der Waals surface area contributed by atoms with Crippen LogP contribution in [0.5, 0.6) is 0 Å². The molecule has 0 atom stereocenters. The van der Waals surface area contributed by atoms with Crippen molar-refractivity contribution in [1.29, 1.82) is 0 Å². The van der Waals surface area contributed by atoms with Gasteiger partial charge in [0.2, 0.25) is 11.8 Å². The molecule has 0 spiro atoms. The fraction of sp³-hybridized carbons (Fsp3) is 0.350. The Balaban J connectivity index is 1.82. The molecule has 6 nitrogen and oxygen atoms in total. The average Bonchev–Trinajstić information content (AvgIpc) is 2.59. The normalized spacial score (nSPS) is 15.0. The van der Waals surface area contributed by atoms with Crippen LogP contribution in [0, 0.1) is 0 Å². The van der Waals surface area contributed by atoms with Crippen LogP contribution >= 0.6 is 0 Å². The summed E-state index contributed by atoms with van der Waals surface area (Å²) < 4.78 is 0. The zero-order chi connectivity index (χ0) is 18.7. The lowest BCUT2D eigenvalue weighted by Crippen LogP contribution is -2.54. The average molecular weight is 352 g/mol. The van der Waals surface area contributed by atoms with Crippen LogP contribution in [-0.4, -0.2) is 36.4 Å². The zero-order valence-electron chi connectivity index (χ0n) is 15.2. The molecule has 2 aromatic rings. The molecular weight excluding hydrogens is 328 g/mol. The number of hydrogen-bond donors (Lipinski definition) is 2. The van der Waals surface area contributed by atoms with Crippen molar-refractivity contribution in [3.8, 4) is 0 Å². The predicted octanol–water partition coefficient (Wildman–Crippen LogP) is 2.85. The van der Waals surface area contributed by atoms with Crippen LogP contribution in [0.25, 0.3) is 10.9 Å². The molecule has 1 aromatic heterocycles. The Labute approximate surface area is 153 Å². The number of amides is 2. The highest BCUT2D eigenvalue weighted by atomic mass is 16.2. The number of para-hydroxylation sites is 1. The van der Waals surface area contributed by atoms with Gasteiger partial charge in [0, 0.05) is 31.1 Å². The topological polar surface area (TPSA) is 74.3 Å². The van der Waals surface area contributed by atoms with Gasteiger partial charge in [-0.3, -0.25) is 9.59 Å². The van der Waals surface area contributed by atoms with Gasteiger partial charge in [-0.2, -0.15) is 0 Å². The summed E-state index contributed by atoms with van der Waals surface area (Å²) in [6.45, 7) is 3.49. The molecule has 2 amide bonds. The van der Waals surface area contributed by atoms with Crippen LogP contribution in [0.2, 0.25) is 0 Å². The van der Waals surface area contributed by atoms with Gasteiger partial charge < -0.3 is 15.5 Å². The first kappa shape index (κ1) is 17.9. The number of carbonyl (C=O) groups is 2. The van der Waals surface area contributed by atoms with E-state index in [4.69, 9.17) is 0 Å². The molecule has 2 N–H and O–H groups in total. The van der Waals surface area contributed by atoms with E-state index in [1.807, 2.05) is 49.3 Å². The first-order valence-electron chi connectivity index (χ1n) is 8.74. The van der Waals surface area contributed by atoms with Gasteiger partial charge in [0.25, 0.3) is 0 Å². The number of anilines is 2. The van der Waals surface area contributed by atoms with E-state index < -0.39 is 5.54 Å². The van der Waals surface area contributed by atoms with Crippen molar-refractivity contribution in [2.24, 2.45) is 0 Å². The first-order chi connectivity index (χ1) is 12.4. The van der Waals surface area contributed by atoms with Crippen LogP contribution in [0.4, 0.5) is 11.5 Å². The van der Waals surface area contributed by atoms with Gasteiger partial charge in [0.05, 0.1) is 17.6 Å². The number of nitrogens with zero attached hydrogens (tertiary/aromatic N) is 2. The molecule has 6 heteroatoms. The van der Waals surface area contributed by atoms with Crippen molar-refractivity contribution < 1.29 is 9.59 Å². The molecule has 1 saturated carbocycles. The van der Waals surface area contributed by atoms with Gasteiger partial charge in [-0.15, -0.1) is 0 Å². The zero-order valence-corrected chi connectivity index (χ0v) is 15.2. The van der Waals surface area contributed by atoms with Gasteiger partial charge in [-0.05, 0) is 31.4 Å². The highest BCUT2D eigenvalue weighted by Crippen LogP contribution is 2.35. The number of nitrogens with one attached hydrogen (secondary N) is 2. The second-order valence-corrected chi connectivity index (χ2v) is 6.99. The molecular formula is C20H24N4O2. The van der Waals surface area contributed by atoms with E-state index in [9.17, 15) is 9.59 Å². The van der Waals surface area contributed by atoms with Crippen LogP contribution in [0.3, 0.4) is 0 Å². The summed E-state index contributed by atoms with van der Waals surface area (Å²) in [5, 5.41) is 6.83. The lowest BCUT2D eigenvalue weighted by atomic mass is 9.74. The highest BCUT2D eigenvalue weighted by molar-refractivity contribution is 6.02. The largest absolute Gasteiger partial charge is 0.363 e. The SMILES string of the molecule is C=CC(=O)NC1(CC(=O)Nc2cc(N(C)C)nc3ccccc23)CCC1. The Morgan fingerprint density at radius 2 is 2.04 bits per heavy atom. The fourth-order valence-electron chi connectivity index (χ4n) is 3.26. The Morgan fingerprint density at radius 1 is 1.31 bits per heavy atom. The van der Waals surface area contributed by atoms with Crippen molar-refractivity contribution in [3.63, 3.8) is 0 Å². The fourth-order valence-corrected chi connectivity index (χ4v) is 3.26. The van der Waals surface area contributed by atoms with Crippen LogP contribution in [-0.2, 0) is 9.59 Å². The van der Waals surface area contributed by atoms with Crippen molar-refractivity contribution >= 4 is 34.2 Å². The second-order valence-electron chi connectivity index (χ2n) is 6.99. The number of carbonyl (C=O) groups excluding carboxylic acids is 2. The van der Waals surface area contributed by atoms with Crippen LogP contribution < -0.4 is 15.5 Å². The molecule has 1 aromatic carbocycles. The lowest BCUT2D eigenvalue weighted by Gasteiger charge is -2.41. The molecule has 0 aliphatic heterocycles. The van der Waals surface area contributed by atoms with E-state index in [1.165, 1.54) is 6.08 Å². The van der Waals surface area contributed by atoms with Gasteiger partial charge in [0.1, 0.15) is 5.82 Å². The van der Waals surface area contributed by atoms with E-state index in [1.54, 1.807) is 0 Å². The summed E-state index contributed by atoms with van der Waals surface area (Å²) >= 11 is 0. The Bertz CT molecular complexity index is 856. The summed E-state index contributed by atoms with van der Waals surface area (Å²) in [5.74, 6) is 0.425. The summed E-state index contributed by atoms with van der Waals surface area (Å²) in [6.07, 6.45) is 4.12. The maximum absolute atomic E-state index is 12.7. The minimum Gasteiger partial charge on any atom is -0.363 e. The molecule has 0 radical (unpaired) electrons. The van der Waals surface area contributed by atoms with Crippen molar-refractivity contribution in [1.82, 2.24) is 10.3 Å². The Kier molecular flexibility index (Phi) is 4.93. The van der Waals surface area contributed by atoms with E-state index >= 15 is 0 Å². The molecule has 1 heterocycles. The van der Waals surface area contributed by atoms with Crippen LogP contribution in [0.1, 0.15) is 25.7 Å². The number of aromatic nitrogens is 1. The number of fused-ring (bicyclic) bond motifs is 1. The molecule has 0 bridgehead atoms. The minimum absolute atomic E-state index is 0.116. The summed E-state index contributed by atoms with van der Waals surface area (Å²) in [7, 11) is 3.83. The second kappa shape index (κ2) is 7.15. The third kappa shape index (κ3) is 3.69. The molecule has 1 aliphatic rings. The molecule has 0 saturated heterocycles. The number of rotatable bonds is 6. The summed E-state index contributed by atoms with van der Waals surface area (Å²) in [5.41, 5.74) is 1.10. The van der Waals surface area contributed by atoms with E-state index in [0.717, 1.165) is 41.7 Å². The number of hydrogen-bond acceptors (Lipinski definition) is 4. The standard InChI is InChI=1S/C20H24N4O2/c1-4-18(25)23-20(10-7-11-20)13-19(26)22-16-12-17(24(2)3)21-15-9-6-5-8-14(15)16/h4-6,8-9,12H,1,7,10-11,13H2,2-3H3,(H,23,25)(H,21,22,26). The van der Waals surface area contributed by atoms with Crippen LogP contribution in [0.15, 0.2) is 43.0 Å². The van der Waals surface area contributed by atoms with Crippen molar-refractivity contribution in [2.75, 3.05) is 24.3 Å². The molecule has 0 unspecified atom stereocenters. The number of benzene rings is 1. The van der Waals surface area contributed by atoms with E-state index in [0.29, 0.717) is 0 Å². The third-order valence-corrected chi connectivity index (χ3v) is 4.82. The predicted molar refractivity (Wildman–Crippen MR) is 104 cm³/mol. The molecule has 1 fully saturated rings. The molecule has 1 aliphatic carbocycles. The van der Waals surface area contributed by atoms with E-state index in [-0.39, 0.29) is 18.2 Å². The van der Waals surface area contributed by atoms with Gasteiger partial charge >= 0.3 is 0 Å². The monoisotopic (exact) mass is 352 g/mol. The maximum Gasteiger partial charge on any atom is 0.243 e. The summed E-state index contributed by atoms with van der Waals surface area (Å²) in [4.78, 5) is 30.9. The number of pyridine rings is 1. The molecule has 26 heavy (non-hydrogen) atoms. The van der Waals surface area contributed by atoms with Gasteiger partial charge in [0.15, 0.2) is 0 Å². The Hall–Kier alpha value is -2.89. The molecule has 136 valence electrons. The quantitative estimate of drug-likeness (QED) is 0.784. The Morgan fingerprint density at radius 3 is 2.65 bits per heavy atom. The van der Waals surface area contributed by atoms with Crippen molar-refractivity contribution in [2.45, 2.75) is 31.2 Å². The van der Waals surface area contributed by atoms with E-state index in [2.05, 4.69) is 22.2 Å². The highest BCUT2D eigenvalue weighted by Gasteiger charge is 2.39. The third-order valence-electron chi connectivity index (χ3n) is 4.82. The van der Waals surface area contributed by atoms with Gasteiger partial charge in [-0.1, -0.05) is 24.8 Å². The first-order valence-corrected chi connectivity index (χ1v) is 8.74. The lowest BCUT2D eigenvalue weighted by molar-refractivity contribution is -0.122. The van der Waals surface area contributed by atoms with Gasteiger partial charge in [-0.25, -0.2) is 4.98 Å². The minimum atomic E-state index is -0.456.